The van der Waals surface area contributed by atoms with E-state index in [1.54, 1.807) is 25.1 Å². The number of benzene rings is 2. The Bertz CT molecular complexity index is 960. The molecule has 0 aliphatic heterocycles. The fourth-order valence-electron chi connectivity index (χ4n) is 2.58. The van der Waals surface area contributed by atoms with Gasteiger partial charge in [-0.15, -0.1) is 0 Å². The van der Waals surface area contributed by atoms with Crippen molar-refractivity contribution in [3.63, 3.8) is 0 Å². The van der Waals surface area contributed by atoms with E-state index in [-0.39, 0.29) is 10.6 Å². The molecule has 25 heavy (non-hydrogen) atoms. The highest BCUT2D eigenvalue weighted by Crippen LogP contribution is 2.25. The molecule has 0 amide bonds. The van der Waals surface area contributed by atoms with Crippen LogP contribution in [0.25, 0.3) is 11.1 Å². The first-order chi connectivity index (χ1) is 12.0. The van der Waals surface area contributed by atoms with Gasteiger partial charge in [-0.05, 0) is 48.7 Å². The first-order valence-electron chi connectivity index (χ1n) is 8.51. The van der Waals surface area contributed by atoms with E-state index in [0.29, 0.717) is 17.1 Å². The van der Waals surface area contributed by atoms with Gasteiger partial charge in [0.25, 0.3) is 6.01 Å². The average molecular weight is 358 g/mol. The third-order valence-corrected chi connectivity index (χ3v) is 5.85. The van der Waals surface area contributed by atoms with Crippen molar-refractivity contribution in [2.24, 2.45) is 0 Å². The molecule has 0 aliphatic carbocycles. The van der Waals surface area contributed by atoms with Gasteiger partial charge in [0.05, 0.1) is 10.6 Å². The molecule has 3 aromatic rings. The number of oxazole rings is 1. The largest absolute Gasteiger partial charge is 0.423 e. The Morgan fingerprint density at radius 1 is 1.08 bits per heavy atom. The molecule has 0 unspecified atom stereocenters. The Labute approximate surface area is 148 Å². The Hall–Kier alpha value is -2.34. The van der Waals surface area contributed by atoms with Crippen LogP contribution in [-0.2, 0) is 16.3 Å². The minimum atomic E-state index is -3.25. The molecule has 6 heteroatoms. The predicted molar refractivity (Wildman–Crippen MR) is 100 cm³/mol. The average Bonchev–Trinajstić information content (AvgIpc) is 3.02. The van der Waals surface area contributed by atoms with E-state index in [0.717, 1.165) is 12.1 Å². The zero-order valence-electron chi connectivity index (χ0n) is 14.5. The minimum absolute atomic E-state index is 0.0614. The Morgan fingerprint density at radius 3 is 2.52 bits per heavy atom. The summed E-state index contributed by atoms with van der Waals surface area (Å²) in [4.78, 5) is 4.61. The number of nitrogens with zero attached hydrogens (tertiary/aromatic N) is 1. The van der Waals surface area contributed by atoms with Crippen LogP contribution >= 0.6 is 0 Å². The van der Waals surface area contributed by atoms with Crippen LogP contribution in [0.3, 0.4) is 0 Å². The third kappa shape index (κ3) is 4.02. The number of nitrogens with one attached hydrogen (secondary N) is 1. The van der Waals surface area contributed by atoms with E-state index in [9.17, 15) is 8.42 Å². The number of sulfone groups is 1. The van der Waals surface area contributed by atoms with E-state index < -0.39 is 9.84 Å². The van der Waals surface area contributed by atoms with E-state index in [1.165, 1.54) is 18.4 Å². The molecule has 1 heterocycles. The smallest absolute Gasteiger partial charge is 0.300 e. The lowest BCUT2D eigenvalue weighted by molar-refractivity contribution is 0.597. The summed E-state index contributed by atoms with van der Waals surface area (Å²) in [7, 11) is -3.25. The lowest BCUT2D eigenvalue weighted by Crippen LogP contribution is -2.03. The van der Waals surface area contributed by atoms with Crippen LogP contribution in [-0.4, -0.2) is 19.2 Å². The molecule has 5 nitrogen and oxygen atoms in total. The second-order valence-electron chi connectivity index (χ2n) is 5.98. The van der Waals surface area contributed by atoms with Gasteiger partial charge in [-0.3, -0.25) is 0 Å². The molecule has 0 aliphatic rings. The highest BCUT2D eigenvalue weighted by molar-refractivity contribution is 7.91. The van der Waals surface area contributed by atoms with Crippen LogP contribution in [0.5, 0.6) is 0 Å². The number of hydrogen-bond donors (Lipinski definition) is 1. The Morgan fingerprint density at radius 2 is 1.84 bits per heavy atom. The fraction of sp³-hybridized carbons (Fsp3) is 0.316. The SMILES string of the molecule is CCCCc1ccc(Nc2nc3cc(S(=O)(=O)CC)ccc3o2)cc1. The van der Waals surface area contributed by atoms with Crippen molar-refractivity contribution < 1.29 is 12.8 Å². The maximum absolute atomic E-state index is 12.0. The number of aryl methyl sites for hydroxylation is 1. The van der Waals surface area contributed by atoms with E-state index in [4.69, 9.17) is 4.42 Å². The van der Waals surface area contributed by atoms with Gasteiger partial charge < -0.3 is 9.73 Å². The summed E-state index contributed by atoms with van der Waals surface area (Å²) in [6, 6.07) is 13.3. The van der Waals surface area contributed by atoms with Crippen molar-refractivity contribution in [3.8, 4) is 0 Å². The predicted octanol–water partition coefficient (Wildman–Crippen LogP) is 4.71. The monoisotopic (exact) mass is 358 g/mol. The number of anilines is 2. The molecule has 132 valence electrons. The molecule has 2 aromatic carbocycles. The highest BCUT2D eigenvalue weighted by atomic mass is 32.2. The van der Waals surface area contributed by atoms with Crippen molar-refractivity contribution in [1.29, 1.82) is 0 Å². The fourth-order valence-corrected chi connectivity index (χ4v) is 3.48. The topological polar surface area (TPSA) is 72.2 Å². The highest BCUT2D eigenvalue weighted by Gasteiger charge is 2.14. The van der Waals surface area contributed by atoms with E-state index in [2.05, 4.69) is 29.4 Å². The number of fused-ring (bicyclic) bond motifs is 1. The van der Waals surface area contributed by atoms with E-state index in [1.807, 2.05) is 12.1 Å². The summed E-state index contributed by atoms with van der Waals surface area (Å²) >= 11 is 0. The summed E-state index contributed by atoms with van der Waals surface area (Å²) in [5.41, 5.74) is 3.27. The molecular formula is C19H22N2O3S. The number of rotatable bonds is 7. The quantitative estimate of drug-likeness (QED) is 0.662. The van der Waals surface area contributed by atoms with Crippen LogP contribution in [0.1, 0.15) is 32.3 Å². The second kappa shape index (κ2) is 7.27. The number of unbranched alkanes of at least 4 members (excludes halogenated alkanes) is 1. The van der Waals surface area contributed by atoms with Gasteiger partial charge in [0.1, 0.15) is 5.52 Å². The van der Waals surface area contributed by atoms with Gasteiger partial charge in [-0.25, -0.2) is 8.42 Å². The molecule has 0 saturated heterocycles. The molecule has 0 fully saturated rings. The number of hydrogen-bond acceptors (Lipinski definition) is 5. The molecule has 0 saturated carbocycles. The third-order valence-electron chi connectivity index (χ3n) is 4.12. The van der Waals surface area contributed by atoms with E-state index >= 15 is 0 Å². The van der Waals surface area contributed by atoms with Gasteiger partial charge in [-0.1, -0.05) is 32.4 Å². The zero-order valence-corrected chi connectivity index (χ0v) is 15.3. The summed E-state index contributed by atoms with van der Waals surface area (Å²) < 4.78 is 29.6. The molecule has 3 rings (SSSR count). The van der Waals surface area contributed by atoms with Crippen LogP contribution in [0.2, 0.25) is 0 Å². The Balaban J connectivity index is 1.80. The molecule has 0 bridgehead atoms. The maximum atomic E-state index is 12.0. The van der Waals surface area contributed by atoms with Crippen molar-refractivity contribution in [2.75, 3.05) is 11.1 Å². The molecule has 1 aromatic heterocycles. The molecular weight excluding hydrogens is 336 g/mol. The summed E-state index contributed by atoms with van der Waals surface area (Å²) in [5, 5.41) is 3.12. The standard InChI is InChI=1S/C19H22N2O3S/c1-3-5-6-14-7-9-15(10-8-14)20-19-21-17-13-16(25(22,23)4-2)11-12-18(17)24-19/h7-13H,3-6H2,1-2H3,(H,20,21). The zero-order chi connectivity index (χ0) is 17.9. The maximum Gasteiger partial charge on any atom is 0.300 e. The van der Waals surface area contributed by atoms with Crippen molar-refractivity contribution in [3.05, 3.63) is 48.0 Å². The lowest BCUT2D eigenvalue weighted by atomic mass is 10.1. The van der Waals surface area contributed by atoms with Gasteiger partial charge in [0, 0.05) is 5.69 Å². The second-order valence-corrected chi connectivity index (χ2v) is 8.26. The van der Waals surface area contributed by atoms with Gasteiger partial charge in [0.2, 0.25) is 0 Å². The minimum Gasteiger partial charge on any atom is -0.423 e. The molecule has 0 radical (unpaired) electrons. The van der Waals surface area contributed by atoms with Gasteiger partial charge >= 0.3 is 0 Å². The summed E-state index contributed by atoms with van der Waals surface area (Å²) in [6.07, 6.45) is 3.44. The van der Waals surface area contributed by atoms with Crippen LogP contribution in [0.4, 0.5) is 11.7 Å². The van der Waals surface area contributed by atoms with Crippen LogP contribution in [0, 0.1) is 0 Å². The van der Waals surface area contributed by atoms with Crippen molar-refractivity contribution in [1.82, 2.24) is 4.98 Å². The first kappa shape index (κ1) is 17.5. The number of aromatic nitrogens is 1. The van der Waals surface area contributed by atoms with Crippen LogP contribution < -0.4 is 5.32 Å². The first-order valence-corrected chi connectivity index (χ1v) is 10.2. The molecule has 0 spiro atoms. The van der Waals surface area contributed by atoms with Crippen molar-refractivity contribution in [2.45, 2.75) is 38.0 Å². The van der Waals surface area contributed by atoms with Gasteiger partial charge in [0.15, 0.2) is 15.4 Å². The van der Waals surface area contributed by atoms with Gasteiger partial charge in [-0.2, -0.15) is 4.98 Å². The summed E-state index contributed by atoms with van der Waals surface area (Å²) in [5.74, 6) is 0.0614. The molecule has 1 N–H and O–H groups in total. The normalized spacial score (nSPS) is 11.8. The van der Waals surface area contributed by atoms with Crippen molar-refractivity contribution >= 4 is 32.6 Å². The van der Waals surface area contributed by atoms with Crippen LogP contribution in [0.15, 0.2) is 51.8 Å². The Kier molecular flexibility index (Phi) is 5.08. The lowest BCUT2D eigenvalue weighted by Gasteiger charge is -2.03. The molecule has 0 atom stereocenters. The summed E-state index contributed by atoms with van der Waals surface area (Å²) in [6.45, 7) is 3.81.